The van der Waals surface area contributed by atoms with Crippen molar-refractivity contribution in [1.82, 2.24) is 15.1 Å². The third-order valence-corrected chi connectivity index (χ3v) is 6.35. The van der Waals surface area contributed by atoms with Crippen LogP contribution in [0.2, 0.25) is 0 Å². The van der Waals surface area contributed by atoms with Gasteiger partial charge in [0.1, 0.15) is 28.9 Å². The summed E-state index contributed by atoms with van der Waals surface area (Å²) in [5.41, 5.74) is -0.627. The molecule has 0 fully saturated rings. The van der Waals surface area contributed by atoms with Crippen LogP contribution in [0.25, 0.3) is 10.9 Å². The van der Waals surface area contributed by atoms with Crippen molar-refractivity contribution in [2.45, 2.75) is 19.1 Å². The molecule has 4 aromatic rings. The molecule has 1 atom stereocenters. The molecule has 2 N–H and O–H groups in total. The highest BCUT2D eigenvalue weighted by Crippen LogP contribution is 2.42. The fraction of sp³-hybridized carbons (Fsp3) is 0.154. The molecule has 5 rings (SSSR count). The first-order valence-electron chi connectivity index (χ1n) is 11.1. The quantitative estimate of drug-likeness (QED) is 0.362. The number of anilines is 1. The zero-order valence-electron chi connectivity index (χ0n) is 19.7. The summed E-state index contributed by atoms with van der Waals surface area (Å²) in [5.74, 6) is -3.55. The molecule has 0 saturated carbocycles. The second kappa shape index (κ2) is 8.65. The van der Waals surface area contributed by atoms with Gasteiger partial charge in [0.05, 0.1) is 17.2 Å². The lowest BCUT2D eigenvalue weighted by molar-refractivity contribution is -0.137. The average Bonchev–Trinajstić information content (AvgIpc) is 3.35. The molecular weight excluding hydrogens is 509 g/mol. The number of nitriles is 1. The van der Waals surface area contributed by atoms with Gasteiger partial charge < -0.3 is 10.6 Å². The van der Waals surface area contributed by atoms with Gasteiger partial charge in [-0.05, 0) is 54.4 Å². The van der Waals surface area contributed by atoms with Gasteiger partial charge in [0.15, 0.2) is 0 Å². The molecule has 0 saturated heterocycles. The van der Waals surface area contributed by atoms with E-state index in [1.807, 2.05) is 6.07 Å². The lowest BCUT2D eigenvalue weighted by Crippen LogP contribution is -2.21. The summed E-state index contributed by atoms with van der Waals surface area (Å²) in [6.45, 7) is 1.69. The number of alkyl halides is 3. The normalized spacial score (nSPS) is 14.8. The van der Waals surface area contributed by atoms with E-state index in [9.17, 15) is 36.8 Å². The van der Waals surface area contributed by atoms with Crippen LogP contribution in [0.4, 0.5) is 27.6 Å². The largest absolute Gasteiger partial charge is 0.416 e. The van der Waals surface area contributed by atoms with Crippen molar-refractivity contribution in [1.29, 1.82) is 5.26 Å². The second-order valence-electron chi connectivity index (χ2n) is 8.78. The van der Waals surface area contributed by atoms with E-state index < -0.39 is 46.8 Å². The monoisotopic (exact) mass is 525 g/mol. The Morgan fingerprint density at radius 1 is 1.13 bits per heavy atom. The Bertz CT molecular complexity index is 1720. The molecular formula is C26H16F5N5O2. The topological polar surface area (TPSA) is 99.8 Å². The summed E-state index contributed by atoms with van der Waals surface area (Å²) in [5, 5.41) is 19.3. The Hall–Kier alpha value is -4.79. The minimum Gasteiger partial charge on any atom is -0.341 e. The van der Waals surface area contributed by atoms with Crippen LogP contribution in [0.5, 0.6) is 0 Å². The summed E-state index contributed by atoms with van der Waals surface area (Å²) in [6, 6.07) is 7.73. The van der Waals surface area contributed by atoms with Gasteiger partial charge in [0.2, 0.25) is 0 Å². The van der Waals surface area contributed by atoms with Crippen molar-refractivity contribution in [3.05, 3.63) is 93.2 Å². The summed E-state index contributed by atoms with van der Waals surface area (Å²) >= 11 is 0. The van der Waals surface area contributed by atoms with E-state index in [-0.39, 0.29) is 39.5 Å². The second-order valence-corrected chi connectivity index (χ2v) is 8.78. The molecule has 0 bridgehead atoms. The van der Waals surface area contributed by atoms with E-state index in [0.717, 1.165) is 0 Å². The van der Waals surface area contributed by atoms with Crippen molar-refractivity contribution in [3.63, 3.8) is 0 Å². The van der Waals surface area contributed by atoms with Crippen molar-refractivity contribution in [3.8, 4) is 6.07 Å². The van der Waals surface area contributed by atoms with Crippen LogP contribution in [0.15, 0.2) is 42.5 Å². The van der Waals surface area contributed by atoms with Crippen molar-refractivity contribution in [2.24, 2.45) is 7.05 Å². The minimum absolute atomic E-state index is 0.0128. The molecule has 2 heterocycles. The maximum Gasteiger partial charge on any atom is 0.416 e. The van der Waals surface area contributed by atoms with Crippen LogP contribution in [-0.4, -0.2) is 21.6 Å². The van der Waals surface area contributed by atoms with E-state index in [1.165, 1.54) is 36.0 Å². The minimum atomic E-state index is -4.90. The highest BCUT2D eigenvalue weighted by molar-refractivity contribution is 6.15. The predicted octanol–water partition coefficient (Wildman–Crippen LogP) is 5.14. The third-order valence-electron chi connectivity index (χ3n) is 6.35. The van der Waals surface area contributed by atoms with E-state index in [2.05, 4.69) is 15.7 Å². The summed E-state index contributed by atoms with van der Waals surface area (Å²) < 4.78 is 69.0. The standard InChI is InChI=1S/C26H16F5N5O2/c1-11-3-4-14(27)8-16(11)22-20-18(33-24(37)12-5-13(26(29,30)31)7-15(28)6-12)9-17-19(10-32)36(2)35-23(17)21(20)25(38)34-22/h3-9,22H,1-2H3,(H,33,37)(H,34,38). The number of benzene rings is 3. The number of hydrogen-bond acceptors (Lipinski definition) is 4. The molecule has 38 heavy (non-hydrogen) atoms. The Balaban J connectivity index is 1.72. The summed E-state index contributed by atoms with van der Waals surface area (Å²) in [6.07, 6.45) is -4.90. The van der Waals surface area contributed by atoms with Crippen LogP contribution in [0, 0.1) is 29.9 Å². The SMILES string of the molecule is Cc1ccc(F)cc1C1NC(=O)c2c1c(NC(=O)c1cc(F)cc(C(F)(F)F)c1)cc1c(C#N)n(C)nc21. The first kappa shape index (κ1) is 24.9. The van der Waals surface area contributed by atoms with Gasteiger partial charge in [0.25, 0.3) is 11.8 Å². The molecule has 192 valence electrons. The average molecular weight is 525 g/mol. The molecule has 0 aliphatic carbocycles. The molecule has 1 unspecified atom stereocenters. The van der Waals surface area contributed by atoms with Gasteiger partial charge in [-0.1, -0.05) is 6.07 Å². The predicted molar refractivity (Wildman–Crippen MR) is 125 cm³/mol. The first-order valence-corrected chi connectivity index (χ1v) is 11.1. The number of aryl methyl sites for hydroxylation is 2. The number of carbonyl (C=O) groups excluding carboxylic acids is 2. The molecule has 1 aromatic heterocycles. The maximum atomic E-state index is 14.2. The van der Waals surface area contributed by atoms with E-state index >= 15 is 0 Å². The van der Waals surface area contributed by atoms with Gasteiger partial charge in [0, 0.05) is 29.2 Å². The first-order chi connectivity index (χ1) is 17.9. The van der Waals surface area contributed by atoms with Gasteiger partial charge in [-0.3, -0.25) is 14.3 Å². The fourth-order valence-corrected chi connectivity index (χ4v) is 4.62. The van der Waals surface area contributed by atoms with E-state index in [4.69, 9.17) is 0 Å². The lowest BCUT2D eigenvalue weighted by Gasteiger charge is -2.19. The third kappa shape index (κ3) is 4.02. The van der Waals surface area contributed by atoms with Crippen LogP contribution in [0.3, 0.4) is 0 Å². The molecule has 0 radical (unpaired) electrons. The Morgan fingerprint density at radius 3 is 2.55 bits per heavy atom. The fourth-order valence-electron chi connectivity index (χ4n) is 4.62. The van der Waals surface area contributed by atoms with Gasteiger partial charge in [-0.25, -0.2) is 8.78 Å². The number of hydrogen-bond donors (Lipinski definition) is 2. The Kier molecular flexibility index (Phi) is 5.67. The number of fused-ring (bicyclic) bond motifs is 3. The number of nitrogens with zero attached hydrogens (tertiary/aromatic N) is 3. The van der Waals surface area contributed by atoms with Crippen molar-refractivity contribution >= 4 is 28.4 Å². The van der Waals surface area contributed by atoms with Crippen LogP contribution in [0.1, 0.15) is 54.7 Å². The highest BCUT2D eigenvalue weighted by atomic mass is 19.4. The number of carbonyl (C=O) groups is 2. The lowest BCUT2D eigenvalue weighted by atomic mass is 9.92. The van der Waals surface area contributed by atoms with Crippen LogP contribution in [-0.2, 0) is 13.2 Å². The Morgan fingerprint density at radius 2 is 1.87 bits per heavy atom. The molecule has 3 aromatic carbocycles. The maximum absolute atomic E-state index is 14.2. The number of amides is 2. The van der Waals surface area contributed by atoms with E-state index in [0.29, 0.717) is 23.3 Å². The number of nitrogens with one attached hydrogen (secondary N) is 2. The van der Waals surface area contributed by atoms with Crippen molar-refractivity contribution in [2.75, 3.05) is 5.32 Å². The van der Waals surface area contributed by atoms with Gasteiger partial charge >= 0.3 is 6.18 Å². The molecule has 12 heteroatoms. The van der Waals surface area contributed by atoms with Gasteiger partial charge in [-0.2, -0.15) is 23.5 Å². The smallest absolute Gasteiger partial charge is 0.341 e. The van der Waals surface area contributed by atoms with Crippen LogP contribution < -0.4 is 10.6 Å². The number of rotatable bonds is 3. The number of halogens is 5. The zero-order valence-corrected chi connectivity index (χ0v) is 19.7. The molecule has 7 nitrogen and oxygen atoms in total. The van der Waals surface area contributed by atoms with E-state index in [1.54, 1.807) is 6.92 Å². The molecule has 2 amide bonds. The number of aromatic nitrogens is 2. The Labute approximate surface area is 211 Å². The molecule has 1 aliphatic rings. The zero-order chi connectivity index (χ0) is 27.5. The molecule has 1 aliphatic heterocycles. The van der Waals surface area contributed by atoms with Crippen LogP contribution >= 0.6 is 0 Å². The molecule has 0 spiro atoms. The van der Waals surface area contributed by atoms with Crippen molar-refractivity contribution < 1.29 is 31.5 Å². The summed E-state index contributed by atoms with van der Waals surface area (Å²) in [7, 11) is 1.48. The van der Waals surface area contributed by atoms with Gasteiger partial charge in [-0.15, -0.1) is 0 Å². The summed E-state index contributed by atoms with van der Waals surface area (Å²) in [4.78, 5) is 26.2. The highest BCUT2D eigenvalue weighted by Gasteiger charge is 2.38.